The maximum absolute atomic E-state index is 6.63. The average molecular weight is 730 g/mol. The summed E-state index contributed by atoms with van der Waals surface area (Å²) in [5.41, 5.74) is 10.6. The van der Waals surface area contributed by atoms with Gasteiger partial charge in [0.25, 0.3) is 0 Å². The summed E-state index contributed by atoms with van der Waals surface area (Å²) in [6.45, 7) is 4.76. The highest BCUT2D eigenvalue weighted by molar-refractivity contribution is 6.15. The third-order valence-corrected chi connectivity index (χ3v) is 11.5. The van der Waals surface area contributed by atoms with Crippen molar-refractivity contribution in [3.05, 3.63) is 193 Å². The zero-order valence-corrected chi connectivity index (χ0v) is 30.6. The van der Waals surface area contributed by atoms with E-state index in [-0.39, 0.29) is 5.92 Å². The van der Waals surface area contributed by atoms with Crippen LogP contribution in [0.25, 0.3) is 99.9 Å². The Balaban J connectivity index is 1.22. The quantitative estimate of drug-likeness (QED) is 0.169. The first kappa shape index (κ1) is 31.6. The molecule has 8 aromatic carbocycles. The van der Waals surface area contributed by atoms with Crippen LogP contribution in [0.1, 0.15) is 22.9 Å². The van der Waals surface area contributed by atoms with Crippen LogP contribution in [0.3, 0.4) is 0 Å². The predicted octanol–water partition coefficient (Wildman–Crippen LogP) is 12.6. The largest absolute Gasteiger partial charge is 0.440 e. The van der Waals surface area contributed by atoms with Crippen molar-refractivity contribution in [3.8, 4) is 39.9 Å². The summed E-state index contributed by atoms with van der Waals surface area (Å²) < 4.78 is 8.85. The van der Waals surface area contributed by atoms with Crippen LogP contribution in [0.5, 0.6) is 0 Å². The summed E-state index contributed by atoms with van der Waals surface area (Å²) in [7, 11) is 0. The first-order valence-electron chi connectivity index (χ1n) is 19.1. The fraction of sp³-hybridized carbons (Fsp3) is 0.0196. The number of para-hydroxylation sites is 3. The Bertz CT molecular complexity index is 3420. The van der Waals surface area contributed by atoms with E-state index in [0.717, 1.165) is 88.0 Å². The summed E-state index contributed by atoms with van der Waals surface area (Å²) in [5.74, 6) is 1.94. The summed E-state index contributed by atoms with van der Waals surface area (Å²) in [6, 6.07) is 58.8. The molecule has 0 saturated heterocycles. The van der Waals surface area contributed by atoms with E-state index in [9.17, 15) is 0 Å². The van der Waals surface area contributed by atoms with E-state index in [4.69, 9.17) is 30.9 Å². The lowest BCUT2D eigenvalue weighted by molar-refractivity contribution is 0.530. The van der Waals surface area contributed by atoms with Gasteiger partial charge in [-0.25, -0.2) is 9.97 Å². The molecule has 0 radical (unpaired) electrons. The number of rotatable bonds is 4. The van der Waals surface area contributed by atoms with Gasteiger partial charge in [0, 0.05) is 27.5 Å². The first-order chi connectivity index (χ1) is 28.2. The number of nitrogens with zero attached hydrogens (tertiary/aromatic N) is 5. The Hall–Kier alpha value is -7.70. The van der Waals surface area contributed by atoms with Crippen molar-refractivity contribution >= 4 is 60.0 Å². The molecule has 12 rings (SSSR count). The topological polar surface area (TPSA) is 69.6 Å². The molecule has 0 fully saturated rings. The number of allylic oxidation sites excluding steroid dienone is 1. The SMILES string of the molecule is C=C1c2ccccc2-c2ccc3c4ccccc4n(-c4nc(-c5ccccc5)nc(-c5cc6ccccc6c6ccccc56)n4)c3c2C1c1nc2ccccc2o1. The zero-order chi connectivity index (χ0) is 37.6. The van der Waals surface area contributed by atoms with Crippen LogP contribution < -0.4 is 0 Å². The highest BCUT2D eigenvalue weighted by Gasteiger charge is 2.36. The molecule has 11 aromatic rings. The lowest BCUT2D eigenvalue weighted by atomic mass is 9.75. The number of oxazole rings is 1. The molecule has 6 nitrogen and oxygen atoms in total. The molecule has 1 aliphatic carbocycles. The van der Waals surface area contributed by atoms with E-state index in [2.05, 4.69) is 132 Å². The van der Waals surface area contributed by atoms with Gasteiger partial charge in [0.15, 0.2) is 17.2 Å². The summed E-state index contributed by atoms with van der Waals surface area (Å²) in [6.07, 6.45) is 0. The standard InChI is InChI=1S/C51H31N5O/c1-30-33-18-7-8-20-35(33)39-27-28-40-38-23-11-13-25-43(38)56(47(40)46(39)45(30)50-52-42-24-12-14-26-44(42)57-50)51-54-48(31-15-3-2-4-16-31)53-49(55-51)41-29-32-17-5-6-19-34(32)36-21-9-10-22-37(36)41/h2-29,45H,1H2. The fourth-order valence-electron chi connectivity index (χ4n) is 8.97. The Morgan fingerprint density at radius 2 is 1.18 bits per heavy atom. The smallest absolute Gasteiger partial charge is 0.238 e. The Morgan fingerprint density at radius 3 is 2.04 bits per heavy atom. The van der Waals surface area contributed by atoms with Crippen LogP contribution in [0.2, 0.25) is 0 Å². The maximum Gasteiger partial charge on any atom is 0.238 e. The van der Waals surface area contributed by atoms with E-state index in [1.54, 1.807) is 0 Å². The van der Waals surface area contributed by atoms with E-state index in [1.165, 1.54) is 5.39 Å². The van der Waals surface area contributed by atoms with Gasteiger partial charge in [0.1, 0.15) is 5.52 Å². The van der Waals surface area contributed by atoms with E-state index < -0.39 is 0 Å². The van der Waals surface area contributed by atoms with E-state index in [1.807, 2.05) is 42.5 Å². The Kier molecular flexibility index (Phi) is 6.74. The summed E-state index contributed by atoms with van der Waals surface area (Å²) >= 11 is 0. The number of fused-ring (bicyclic) bond motifs is 11. The van der Waals surface area contributed by atoms with Crippen molar-refractivity contribution in [2.75, 3.05) is 0 Å². The van der Waals surface area contributed by atoms with Crippen molar-refractivity contribution in [2.24, 2.45) is 0 Å². The van der Waals surface area contributed by atoms with Crippen molar-refractivity contribution < 1.29 is 4.42 Å². The number of hydrogen-bond donors (Lipinski definition) is 0. The Labute approximate surface area is 327 Å². The molecule has 0 N–H and O–H groups in total. The van der Waals surface area contributed by atoms with Gasteiger partial charge < -0.3 is 4.42 Å². The van der Waals surface area contributed by atoms with Gasteiger partial charge in [0.2, 0.25) is 11.8 Å². The van der Waals surface area contributed by atoms with Gasteiger partial charge in [-0.2, -0.15) is 9.97 Å². The molecule has 0 amide bonds. The van der Waals surface area contributed by atoms with Crippen LogP contribution in [0.15, 0.2) is 181 Å². The van der Waals surface area contributed by atoms with Crippen LogP contribution in [0, 0.1) is 0 Å². The lowest BCUT2D eigenvalue weighted by Crippen LogP contribution is -2.14. The minimum absolute atomic E-state index is 0.381. The lowest BCUT2D eigenvalue weighted by Gasteiger charge is -2.29. The zero-order valence-electron chi connectivity index (χ0n) is 30.6. The Morgan fingerprint density at radius 1 is 0.491 bits per heavy atom. The maximum atomic E-state index is 6.63. The molecule has 57 heavy (non-hydrogen) atoms. The fourth-order valence-corrected chi connectivity index (χ4v) is 8.97. The van der Waals surface area contributed by atoms with Gasteiger partial charge in [-0.05, 0) is 68.1 Å². The molecule has 6 heteroatoms. The molecule has 3 aromatic heterocycles. The summed E-state index contributed by atoms with van der Waals surface area (Å²) in [4.78, 5) is 21.1. The molecular formula is C51H31N5O. The third-order valence-electron chi connectivity index (χ3n) is 11.5. The van der Waals surface area contributed by atoms with Crippen molar-refractivity contribution in [3.63, 3.8) is 0 Å². The highest BCUT2D eigenvalue weighted by Crippen LogP contribution is 2.52. The molecular weight excluding hydrogens is 699 g/mol. The second-order valence-electron chi connectivity index (χ2n) is 14.6. The van der Waals surface area contributed by atoms with Crippen LogP contribution in [0.4, 0.5) is 0 Å². The normalized spacial score (nSPS) is 13.8. The highest BCUT2D eigenvalue weighted by atomic mass is 16.3. The van der Waals surface area contributed by atoms with Crippen LogP contribution in [-0.4, -0.2) is 24.5 Å². The van der Waals surface area contributed by atoms with Gasteiger partial charge in [0.05, 0.1) is 17.0 Å². The molecule has 266 valence electrons. The first-order valence-corrected chi connectivity index (χ1v) is 19.1. The molecule has 0 bridgehead atoms. The second-order valence-corrected chi connectivity index (χ2v) is 14.6. The van der Waals surface area contributed by atoms with Gasteiger partial charge in [-0.1, -0.05) is 152 Å². The second kappa shape index (κ2) is 12.2. The number of hydrogen-bond acceptors (Lipinski definition) is 5. The minimum atomic E-state index is -0.381. The predicted molar refractivity (Wildman–Crippen MR) is 230 cm³/mol. The van der Waals surface area contributed by atoms with Gasteiger partial charge in [-0.15, -0.1) is 0 Å². The molecule has 1 unspecified atom stereocenters. The van der Waals surface area contributed by atoms with Crippen molar-refractivity contribution in [1.29, 1.82) is 0 Å². The number of benzene rings is 8. The van der Waals surface area contributed by atoms with E-state index in [0.29, 0.717) is 23.5 Å². The molecule has 0 spiro atoms. The molecule has 0 saturated carbocycles. The monoisotopic (exact) mass is 729 g/mol. The van der Waals surface area contributed by atoms with Gasteiger partial charge in [-0.3, -0.25) is 4.57 Å². The summed E-state index contributed by atoms with van der Waals surface area (Å²) in [5, 5.41) is 6.72. The average Bonchev–Trinajstić information content (AvgIpc) is 3.86. The van der Waals surface area contributed by atoms with Crippen molar-refractivity contribution in [1.82, 2.24) is 24.5 Å². The van der Waals surface area contributed by atoms with Gasteiger partial charge >= 0.3 is 0 Å². The van der Waals surface area contributed by atoms with Crippen molar-refractivity contribution in [2.45, 2.75) is 5.92 Å². The van der Waals surface area contributed by atoms with E-state index >= 15 is 0 Å². The molecule has 0 aliphatic heterocycles. The number of aromatic nitrogens is 5. The molecule has 1 atom stereocenters. The third kappa shape index (κ3) is 4.71. The minimum Gasteiger partial charge on any atom is -0.440 e. The van der Waals surface area contributed by atoms with Crippen LogP contribution in [-0.2, 0) is 0 Å². The van der Waals surface area contributed by atoms with Crippen LogP contribution >= 0.6 is 0 Å². The molecule has 3 heterocycles. The molecule has 1 aliphatic rings.